The van der Waals surface area contributed by atoms with Gasteiger partial charge in [-0.2, -0.15) is 0 Å². The molecule has 0 amide bonds. The Labute approximate surface area is 88.2 Å². The zero-order valence-corrected chi connectivity index (χ0v) is 10.0. The lowest BCUT2D eigenvalue weighted by atomic mass is 9.61. The summed E-state index contributed by atoms with van der Waals surface area (Å²) in [5.41, 5.74) is 0.511. The maximum atomic E-state index is 6.14. The van der Waals surface area contributed by atoms with Crippen LogP contribution in [0.25, 0.3) is 0 Å². The topological polar surface area (TPSA) is 9.23 Å². The van der Waals surface area contributed by atoms with Crippen LogP contribution in [0.1, 0.15) is 53.4 Å². The molecule has 1 saturated carbocycles. The number of fused-ring (bicyclic) bond motifs is 1. The van der Waals surface area contributed by atoms with Crippen molar-refractivity contribution >= 4 is 0 Å². The van der Waals surface area contributed by atoms with Gasteiger partial charge in [-0.3, -0.25) is 0 Å². The van der Waals surface area contributed by atoms with Crippen LogP contribution in [0.2, 0.25) is 0 Å². The monoisotopic (exact) mass is 196 g/mol. The van der Waals surface area contributed by atoms with Crippen molar-refractivity contribution in [2.45, 2.75) is 65.6 Å². The summed E-state index contributed by atoms with van der Waals surface area (Å²) in [6.07, 6.45) is 6.41. The summed E-state index contributed by atoms with van der Waals surface area (Å²) < 4.78 is 6.14. The van der Waals surface area contributed by atoms with Gasteiger partial charge in [-0.1, -0.05) is 20.8 Å². The Kier molecular flexibility index (Phi) is 2.63. The molecular weight excluding hydrogens is 172 g/mol. The minimum atomic E-state index is 0.493. The summed E-state index contributed by atoms with van der Waals surface area (Å²) in [5, 5.41) is 0. The second kappa shape index (κ2) is 3.52. The molecule has 0 spiro atoms. The van der Waals surface area contributed by atoms with Gasteiger partial charge in [-0.25, -0.2) is 0 Å². The van der Waals surface area contributed by atoms with Crippen molar-refractivity contribution in [1.82, 2.24) is 0 Å². The van der Waals surface area contributed by atoms with Gasteiger partial charge in [0.1, 0.15) is 0 Å². The standard InChI is InChI=1S/C13H24O/c1-9-7-8-13(3,4)11-6-5-10(2)14-12(9)11/h9-12H,5-8H2,1-4H3/t9-,10?,11?,12?/m0/s1. The fraction of sp³-hybridized carbons (Fsp3) is 1.00. The Morgan fingerprint density at radius 1 is 1.07 bits per heavy atom. The lowest BCUT2D eigenvalue weighted by molar-refractivity contribution is -0.151. The molecule has 1 saturated heterocycles. The van der Waals surface area contributed by atoms with E-state index >= 15 is 0 Å². The van der Waals surface area contributed by atoms with Crippen LogP contribution >= 0.6 is 0 Å². The molecule has 0 aromatic rings. The van der Waals surface area contributed by atoms with Crippen LogP contribution in [0, 0.1) is 17.3 Å². The summed E-state index contributed by atoms with van der Waals surface area (Å²) in [6.45, 7) is 9.45. The Morgan fingerprint density at radius 3 is 2.50 bits per heavy atom. The number of ether oxygens (including phenoxy) is 1. The second-order valence-electron chi connectivity index (χ2n) is 6.10. The van der Waals surface area contributed by atoms with Gasteiger partial charge in [0.25, 0.3) is 0 Å². The SMILES string of the molecule is CC1CCC2C(O1)[C@@H](C)CCC2(C)C. The molecule has 2 fully saturated rings. The van der Waals surface area contributed by atoms with Gasteiger partial charge in [-0.05, 0) is 49.9 Å². The Morgan fingerprint density at radius 2 is 1.79 bits per heavy atom. The quantitative estimate of drug-likeness (QED) is 0.575. The number of hydrogen-bond acceptors (Lipinski definition) is 1. The molecule has 82 valence electrons. The predicted octanol–water partition coefficient (Wildman–Crippen LogP) is 3.63. The first-order valence-corrected chi connectivity index (χ1v) is 6.16. The Bertz CT molecular complexity index is 209. The predicted molar refractivity (Wildman–Crippen MR) is 59.2 cm³/mol. The summed E-state index contributed by atoms with van der Waals surface area (Å²) in [6, 6.07) is 0. The molecular formula is C13H24O. The molecule has 0 N–H and O–H groups in total. The van der Waals surface area contributed by atoms with E-state index in [0.29, 0.717) is 17.6 Å². The lowest BCUT2D eigenvalue weighted by Gasteiger charge is -2.50. The fourth-order valence-corrected chi connectivity index (χ4v) is 3.33. The van der Waals surface area contributed by atoms with Gasteiger partial charge in [0.05, 0.1) is 12.2 Å². The van der Waals surface area contributed by atoms with Gasteiger partial charge in [-0.15, -0.1) is 0 Å². The number of rotatable bonds is 0. The van der Waals surface area contributed by atoms with Gasteiger partial charge < -0.3 is 4.74 Å². The molecule has 1 aliphatic carbocycles. The van der Waals surface area contributed by atoms with Crippen LogP contribution in [0.15, 0.2) is 0 Å². The highest BCUT2D eigenvalue weighted by Crippen LogP contribution is 2.49. The van der Waals surface area contributed by atoms with Gasteiger partial charge in [0.2, 0.25) is 0 Å². The van der Waals surface area contributed by atoms with E-state index in [2.05, 4.69) is 27.7 Å². The first-order chi connectivity index (χ1) is 6.50. The summed E-state index contributed by atoms with van der Waals surface area (Å²) in [4.78, 5) is 0. The third-order valence-corrected chi connectivity index (χ3v) is 4.48. The molecule has 2 aliphatic rings. The third-order valence-electron chi connectivity index (χ3n) is 4.48. The van der Waals surface area contributed by atoms with Crippen molar-refractivity contribution in [2.75, 3.05) is 0 Å². The van der Waals surface area contributed by atoms with Crippen molar-refractivity contribution in [1.29, 1.82) is 0 Å². The van der Waals surface area contributed by atoms with Gasteiger partial charge in [0.15, 0.2) is 0 Å². The van der Waals surface area contributed by atoms with Crippen LogP contribution in [0.3, 0.4) is 0 Å². The molecule has 2 rings (SSSR count). The Hall–Kier alpha value is -0.0400. The van der Waals surface area contributed by atoms with Crippen molar-refractivity contribution in [2.24, 2.45) is 17.3 Å². The van der Waals surface area contributed by atoms with Gasteiger partial charge in [0, 0.05) is 0 Å². The molecule has 14 heavy (non-hydrogen) atoms. The van der Waals surface area contributed by atoms with E-state index in [1.807, 2.05) is 0 Å². The molecule has 1 aliphatic heterocycles. The molecule has 1 heterocycles. The smallest absolute Gasteiger partial charge is 0.0637 e. The van der Waals surface area contributed by atoms with E-state index in [1.165, 1.54) is 25.7 Å². The molecule has 3 unspecified atom stereocenters. The van der Waals surface area contributed by atoms with E-state index in [-0.39, 0.29) is 0 Å². The first-order valence-electron chi connectivity index (χ1n) is 6.16. The minimum Gasteiger partial charge on any atom is -0.375 e. The average Bonchev–Trinajstić information content (AvgIpc) is 2.12. The minimum absolute atomic E-state index is 0.493. The zero-order valence-electron chi connectivity index (χ0n) is 10.0. The molecule has 0 aromatic carbocycles. The average molecular weight is 196 g/mol. The second-order valence-corrected chi connectivity index (χ2v) is 6.10. The zero-order chi connectivity index (χ0) is 10.3. The van der Waals surface area contributed by atoms with E-state index in [9.17, 15) is 0 Å². The van der Waals surface area contributed by atoms with Crippen LogP contribution in [0.5, 0.6) is 0 Å². The normalized spacial score (nSPS) is 47.1. The summed E-state index contributed by atoms with van der Waals surface area (Å²) in [5.74, 6) is 1.58. The van der Waals surface area contributed by atoms with Crippen molar-refractivity contribution in [3.63, 3.8) is 0 Å². The third kappa shape index (κ3) is 1.71. The van der Waals surface area contributed by atoms with E-state index < -0.39 is 0 Å². The van der Waals surface area contributed by atoms with E-state index in [1.54, 1.807) is 0 Å². The highest BCUT2D eigenvalue weighted by Gasteiger charge is 2.45. The number of hydrogen-bond donors (Lipinski definition) is 0. The van der Waals surface area contributed by atoms with Crippen LogP contribution in [-0.2, 0) is 4.74 Å². The maximum Gasteiger partial charge on any atom is 0.0637 e. The highest BCUT2D eigenvalue weighted by molar-refractivity contribution is 4.94. The molecule has 0 bridgehead atoms. The molecule has 0 aromatic heterocycles. The van der Waals surface area contributed by atoms with Crippen molar-refractivity contribution in [3.05, 3.63) is 0 Å². The van der Waals surface area contributed by atoms with E-state index in [0.717, 1.165) is 11.8 Å². The highest BCUT2D eigenvalue weighted by atomic mass is 16.5. The molecule has 1 heteroatoms. The summed E-state index contributed by atoms with van der Waals surface area (Å²) in [7, 11) is 0. The lowest BCUT2D eigenvalue weighted by Crippen LogP contribution is -2.48. The first kappa shape index (κ1) is 10.5. The van der Waals surface area contributed by atoms with E-state index in [4.69, 9.17) is 4.74 Å². The molecule has 0 radical (unpaired) electrons. The van der Waals surface area contributed by atoms with Crippen LogP contribution < -0.4 is 0 Å². The maximum absolute atomic E-state index is 6.14. The van der Waals surface area contributed by atoms with Crippen LogP contribution in [0.4, 0.5) is 0 Å². The Balaban J connectivity index is 2.14. The largest absolute Gasteiger partial charge is 0.375 e. The van der Waals surface area contributed by atoms with Crippen molar-refractivity contribution in [3.8, 4) is 0 Å². The fourth-order valence-electron chi connectivity index (χ4n) is 3.33. The summed E-state index contributed by atoms with van der Waals surface area (Å²) >= 11 is 0. The van der Waals surface area contributed by atoms with Gasteiger partial charge >= 0.3 is 0 Å². The molecule has 1 nitrogen and oxygen atoms in total. The van der Waals surface area contributed by atoms with Crippen molar-refractivity contribution < 1.29 is 4.74 Å². The molecule has 4 atom stereocenters. The van der Waals surface area contributed by atoms with Crippen LogP contribution in [-0.4, -0.2) is 12.2 Å².